The number of hydrogen-bond donors (Lipinski definition) is 2. The predicted molar refractivity (Wildman–Crippen MR) is 92.6 cm³/mol. The molecule has 0 amide bonds. The van der Waals surface area contributed by atoms with Crippen molar-refractivity contribution >= 4 is 29.1 Å². The van der Waals surface area contributed by atoms with Crippen molar-refractivity contribution in [1.29, 1.82) is 0 Å². The Morgan fingerprint density at radius 1 is 1.26 bits per heavy atom. The van der Waals surface area contributed by atoms with Gasteiger partial charge in [0.1, 0.15) is 5.82 Å². The zero-order chi connectivity index (χ0) is 16.4. The van der Waals surface area contributed by atoms with Crippen molar-refractivity contribution in [2.75, 3.05) is 36.1 Å². The van der Waals surface area contributed by atoms with Crippen LogP contribution < -0.4 is 16.4 Å². The van der Waals surface area contributed by atoms with Gasteiger partial charge in [-0.2, -0.15) is 4.98 Å². The number of nitrogens with zero attached hydrogens (tertiary/aromatic N) is 3. The van der Waals surface area contributed by atoms with E-state index in [4.69, 9.17) is 27.8 Å². The molecule has 3 rings (SSSR count). The minimum Gasteiger partial charge on any atom is -0.399 e. The summed E-state index contributed by atoms with van der Waals surface area (Å²) in [5.41, 5.74) is 14.1. The molecule has 1 fully saturated rings. The first-order chi connectivity index (χ1) is 11.0. The molecule has 1 saturated heterocycles. The van der Waals surface area contributed by atoms with Gasteiger partial charge in [-0.15, -0.1) is 0 Å². The molecule has 0 spiro atoms. The van der Waals surface area contributed by atoms with Crippen molar-refractivity contribution in [2.45, 2.75) is 19.4 Å². The molecule has 0 saturated carbocycles. The minimum absolute atomic E-state index is 0.0423. The van der Waals surface area contributed by atoms with Gasteiger partial charge < -0.3 is 21.1 Å². The van der Waals surface area contributed by atoms with Crippen molar-refractivity contribution in [3.63, 3.8) is 0 Å². The molecule has 1 aliphatic rings. The Labute approximate surface area is 140 Å². The van der Waals surface area contributed by atoms with E-state index in [1.807, 2.05) is 25.1 Å². The monoisotopic (exact) mass is 333 g/mol. The average molecular weight is 334 g/mol. The fourth-order valence-corrected chi connectivity index (χ4v) is 3.16. The molecule has 122 valence electrons. The Morgan fingerprint density at radius 2 is 2.09 bits per heavy atom. The van der Waals surface area contributed by atoms with E-state index in [0.29, 0.717) is 23.9 Å². The molecule has 6 nitrogen and oxygen atoms in total. The normalized spacial score (nSPS) is 18.7. The van der Waals surface area contributed by atoms with E-state index in [1.54, 1.807) is 6.07 Å². The molecular weight excluding hydrogens is 314 g/mol. The van der Waals surface area contributed by atoms with E-state index in [0.717, 1.165) is 30.0 Å². The molecule has 23 heavy (non-hydrogen) atoms. The quantitative estimate of drug-likeness (QED) is 0.821. The van der Waals surface area contributed by atoms with Crippen LogP contribution in [0.1, 0.15) is 23.7 Å². The summed E-state index contributed by atoms with van der Waals surface area (Å²) in [7, 11) is 0. The van der Waals surface area contributed by atoms with Crippen LogP contribution in [0.3, 0.4) is 0 Å². The Kier molecular flexibility index (Phi) is 4.54. The summed E-state index contributed by atoms with van der Waals surface area (Å²) >= 11 is 6.41. The Morgan fingerprint density at radius 3 is 2.83 bits per heavy atom. The molecule has 1 aromatic carbocycles. The van der Waals surface area contributed by atoms with Gasteiger partial charge in [0.2, 0.25) is 5.95 Å². The highest BCUT2D eigenvalue weighted by molar-refractivity contribution is 6.31. The van der Waals surface area contributed by atoms with Crippen LogP contribution >= 0.6 is 11.6 Å². The number of ether oxygens (including phenoxy) is 1. The molecule has 1 atom stereocenters. The number of aromatic nitrogens is 2. The molecule has 2 heterocycles. The van der Waals surface area contributed by atoms with Crippen LogP contribution in [-0.2, 0) is 4.74 Å². The summed E-state index contributed by atoms with van der Waals surface area (Å²) in [5.74, 6) is 1.06. The molecule has 4 N–H and O–H groups in total. The highest BCUT2D eigenvalue weighted by atomic mass is 35.5. The van der Waals surface area contributed by atoms with E-state index >= 15 is 0 Å². The predicted octanol–water partition coefficient (Wildman–Crippen LogP) is 2.57. The van der Waals surface area contributed by atoms with E-state index in [1.165, 1.54) is 0 Å². The summed E-state index contributed by atoms with van der Waals surface area (Å²) in [6.07, 6.45) is 0.909. The standard InChI is InChI=1S/C16H20ClN5O/c1-10-7-15(21-16(19)20-10)22-5-2-6-23-9-14(22)12-4-3-11(18)8-13(12)17/h3-4,7-8,14H,2,5-6,9,18H2,1H3,(H2,19,20,21)/t14-/m0/s1. The number of hydrogen-bond acceptors (Lipinski definition) is 6. The Hall–Kier alpha value is -2.05. The molecular formula is C16H20ClN5O. The van der Waals surface area contributed by atoms with Gasteiger partial charge in [0.15, 0.2) is 0 Å². The molecule has 0 bridgehead atoms. The number of nitrogen functional groups attached to an aromatic ring is 2. The van der Waals surface area contributed by atoms with Gasteiger partial charge in [0, 0.05) is 35.6 Å². The molecule has 1 aromatic heterocycles. The SMILES string of the molecule is Cc1cc(N2CCCOC[C@H]2c2ccc(N)cc2Cl)nc(N)n1. The summed E-state index contributed by atoms with van der Waals surface area (Å²) in [5, 5.41) is 0.629. The average Bonchev–Trinajstić information content (AvgIpc) is 2.72. The van der Waals surface area contributed by atoms with Gasteiger partial charge in [-0.1, -0.05) is 17.7 Å². The number of anilines is 3. The molecule has 0 radical (unpaired) electrons. The number of halogens is 1. The highest BCUT2D eigenvalue weighted by Gasteiger charge is 2.26. The molecule has 7 heteroatoms. The minimum atomic E-state index is -0.0423. The third-order valence-corrected chi connectivity index (χ3v) is 4.20. The van der Waals surface area contributed by atoms with E-state index in [2.05, 4.69) is 14.9 Å². The van der Waals surface area contributed by atoms with E-state index < -0.39 is 0 Å². The van der Waals surface area contributed by atoms with Gasteiger partial charge in [0.05, 0.1) is 12.6 Å². The molecule has 1 aliphatic heterocycles. The maximum Gasteiger partial charge on any atom is 0.222 e. The third-order valence-electron chi connectivity index (χ3n) is 3.88. The zero-order valence-corrected chi connectivity index (χ0v) is 13.8. The maximum absolute atomic E-state index is 6.41. The lowest BCUT2D eigenvalue weighted by Crippen LogP contribution is -2.32. The second-order valence-electron chi connectivity index (χ2n) is 5.64. The van der Waals surface area contributed by atoms with Crippen molar-refractivity contribution in [2.24, 2.45) is 0 Å². The lowest BCUT2D eigenvalue weighted by Gasteiger charge is -2.31. The number of nitrogens with two attached hydrogens (primary N) is 2. The topological polar surface area (TPSA) is 90.3 Å². The van der Waals surface area contributed by atoms with Crippen molar-refractivity contribution in [1.82, 2.24) is 9.97 Å². The van der Waals surface area contributed by atoms with Gasteiger partial charge in [-0.25, -0.2) is 4.98 Å². The highest BCUT2D eigenvalue weighted by Crippen LogP contribution is 2.33. The Bertz CT molecular complexity index is 689. The number of rotatable bonds is 2. The van der Waals surface area contributed by atoms with Gasteiger partial charge >= 0.3 is 0 Å². The van der Waals surface area contributed by atoms with Crippen LogP contribution in [0.4, 0.5) is 17.5 Å². The van der Waals surface area contributed by atoms with Crippen molar-refractivity contribution in [3.8, 4) is 0 Å². The molecule has 2 aromatic rings. The molecule has 0 aliphatic carbocycles. The second-order valence-corrected chi connectivity index (χ2v) is 6.05. The second kappa shape index (κ2) is 6.60. The maximum atomic E-state index is 6.41. The fraction of sp³-hybridized carbons (Fsp3) is 0.375. The van der Waals surface area contributed by atoms with Gasteiger partial charge in [0.25, 0.3) is 0 Å². The van der Waals surface area contributed by atoms with Crippen LogP contribution in [-0.4, -0.2) is 29.7 Å². The fourth-order valence-electron chi connectivity index (χ4n) is 2.84. The van der Waals surface area contributed by atoms with Gasteiger partial charge in [-0.05, 0) is 31.0 Å². The van der Waals surface area contributed by atoms with Crippen LogP contribution in [0.25, 0.3) is 0 Å². The van der Waals surface area contributed by atoms with E-state index in [9.17, 15) is 0 Å². The van der Waals surface area contributed by atoms with Crippen molar-refractivity contribution < 1.29 is 4.74 Å². The summed E-state index contributed by atoms with van der Waals surface area (Å²) in [4.78, 5) is 10.7. The largest absolute Gasteiger partial charge is 0.399 e. The lowest BCUT2D eigenvalue weighted by molar-refractivity contribution is 0.134. The van der Waals surface area contributed by atoms with Crippen LogP contribution in [0.2, 0.25) is 5.02 Å². The first-order valence-electron chi connectivity index (χ1n) is 7.55. The smallest absolute Gasteiger partial charge is 0.222 e. The molecule has 0 unspecified atom stereocenters. The van der Waals surface area contributed by atoms with E-state index in [-0.39, 0.29) is 12.0 Å². The zero-order valence-electron chi connectivity index (χ0n) is 13.0. The third kappa shape index (κ3) is 3.48. The summed E-state index contributed by atoms with van der Waals surface area (Å²) < 4.78 is 5.75. The van der Waals surface area contributed by atoms with Crippen LogP contribution in [0.5, 0.6) is 0 Å². The van der Waals surface area contributed by atoms with Crippen LogP contribution in [0.15, 0.2) is 24.3 Å². The van der Waals surface area contributed by atoms with Crippen LogP contribution in [0, 0.1) is 6.92 Å². The first-order valence-corrected chi connectivity index (χ1v) is 7.93. The summed E-state index contributed by atoms with van der Waals surface area (Å²) in [6, 6.07) is 7.45. The first kappa shape index (κ1) is 15.8. The van der Waals surface area contributed by atoms with Gasteiger partial charge in [-0.3, -0.25) is 0 Å². The number of benzene rings is 1. The lowest BCUT2D eigenvalue weighted by atomic mass is 10.0. The Balaban J connectivity index is 2.03. The summed E-state index contributed by atoms with van der Waals surface area (Å²) in [6.45, 7) is 3.95. The van der Waals surface area contributed by atoms with Crippen molar-refractivity contribution in [3.05, 3.63) is 40.5 Å². The number of aryl methyl sites for hydroxylation is 1.